The van der Waals surface area contributed by atoms with Crippen molar-refractivity contribution in [2.75, 3.05) is 11.4 Å². The number of aromatic nitrogens is 2. The van der Waals surface area contributed by atoms with E-state index in [0.717, 1.165) is 29.0 Å². The molecule has 0 amide bonds. The van der Waals surface area contributed by atoms with E-state index in [2.05, 4.69) is 9.97 Å². The van der Waals surface area contributed by atoms with Gasteiger partial charge in [0.1, 0.15) is 11.9 Å². The summed E-state index contributed by atoms with van der Waals surface area (Å²) in [7, 11) is 0. The minimum absolute atomic E-state index is 0.454. The van der Waals surface area contributed by atoms with Crippen molar-refractivity contribution in [2.24, 2.45) is 0 Å². The number of thiophene rings is 1. The van der Waals surface area contributed by atoms with Gasteiger partial charge in [-0.1, -0.05) is 0 Å². The number of carboxylic acids is 1. The summed E-state index contributed by atoms with van der Waals surface area (Å²) in [6.45, 7) is 2.59. The number of anilines is 1. The van der Waals surface area contributed by atoms with E-state index in [4.69, 9.17) is 0 Å². The van der Waals surface area contributed by atoms with Crippen LogP contribution in [0, 0.1) is 6.92 Å². The predicted molar refractivity (Wildman–Crippen MR) is 70.2 cm³/mol. The second kappa shape index (κ2) is 4.20. The minimum atomic E-state index is -0.770. The molecule has 3 rings (SSSR count). The monoisotopic (exact) mass is 263 g/mol. The van der Waals surface area contributed by atoms with E-state index in [1.54, 1.807) is 11.3 Å². The molecule has 1 unspecified atom stereocenters. The normalized spacial score (nSPS) is 19.6. The first-order valence-corrected chi connectivity index (χ1v) is 6.76. The lowest BCUT2D eigenvalue weighted by Crippen LogP contribution is -2.36. The fourth-order valence-electron chi connectivity index (χ4n) is 2.43. The standard InChI is InChI=1S/C12H13N3O2S/c1-7-13-8-4-6-18-10(8)11(14-7)15-5-2-3-9(15)12(16)17/h4,6,9H,2-3,5H2,1H3,(H,16,17). The third-order valence-corrected chi connectivity index (χ3v) is 4.11. The highest BCUT2D eigenvalue weighted by molar-refractivity contribution is 7.17. The summed E-state index contributed by atoms with van der Waals surface area (Å²) in [4.78, 5) is 22.0. The Labute approximate surface area is 108 Å². The number of carboxylic acid groups (broad SMARTS) is 1. The van der Waals surface area contributed by atoms with Crippen LogP contribution in [0.2, 0.25) is 0 Å². The van der Waals surface area contributed by atoms with E-state index in [1.807, 2.05) is 23.3 Å². The minimum Gasteiger partial charge on any atom is -0.480 e. The molecule has 2 aromatic rings. The second-order valence-corrected chi connectivity index (χ2v) is 5.34. The summed E-state index contributed by atoms with van der Waals surface area (Å²) in [5.74, 6) is 0.692. The Morgan fingerprint density at radius 1 is 1.56 bits per heavy atom. The van der Waals surface area contributed by atoms with Crippen LogP contribution in [0.5, 0.6) is 0 Å². The average molecular weight is 263 g/mol. The molecule has 1 fully saturated rings. The second-order valence-electron chi connectivity index (χ2n) is 4.42. The molecule has 0 aliphatic carbocycles. The Morgan fingerprint density at radius 2 is 2.39 bits per heavy atom. The van der Waals surface area contributed by atoms with Gasteiger partial charge in [-0.3, -0.25) is 0 Å². The van der Waals surface area contributed by atoms with Gasteiger partial charge in [-0.05, 0) is 31.2 Å². The SMILES string of the molecule is Cc1nc(N2CCCC2C(=O)O)c2sccc2n1. The van der Waals surface area contributed by atoms with Crippen LogP contribution >= 0.6 is 11.3 Å². The van der Waals surface area contributed by atoms with E-state index in [0.29, 0.717) is 12.2 Å². The number of fused-ring (bicyclic) bond motifs is 1. The van der Waals surface area contributed by atoms with Gasteiger partial charge in [-0.15, -0.1) is 11.3 Å². The molecule has 0 radical (unpaired) electrons. The van der Waals surface area contributed by atoms with Gasteiger partial charge in [0.15, 0.2) is 5.82 Å². The average Bonchev–Trinajstić information content (AvgIpc) is 2.95. The van der Waals surface area contributed by atoms with Crippen molar-refractivity contribution in [3.8, 4) is 0 Å². The topological polar surface area (TPSA) is 66.3 Å². The van der Waals surface area contributed by atoms with Crippen molar-refractivity contribution >= 4 is 33.3 Å². The van der Waals surface area contributed by atoms with Crippen LogP contribution in [0.15, 0.2) is 11.4 Å². The highest BCUT2D eigenvalue weighted by Crippen LogP contribution is 2.33. The van der Waals surface area contributed by atoms with E-state index in [-0.39, 0.29) is 0 Å². The smallest absolute Gasteiger partial charge is 0.326 e. The maximum absolute atomic E-state index is 11.3. The lowest BCUT2D eigenvalue weighted by Gasteiger charge is -2.23. The number of hydrogen-bond acceptors (Lipinski definition) is 5. The maximum atomic E-state index is 11.3. The van der Waals surface area contributed by atoms with Crippen LogP contribution < -0.4 is 4.90 Å². The summed E-state index contributed by atoms with van der Waals surface area (Å²) in [6.07, 6.45) is 1.58. The van der Waals surface area contributed by atoms with Crippen LogP contribution in [0.1, 0.15) is 18.7 Å². The third-order valence-electron chi connectivity index (χ3n) is 3.21. The van der Waals surface area contributed by atoms with Crippen LogP contribution in [0.25, 0.3) is 10.2 Å². The van der Waals surface area contributed by atoms with Gasteiger partial charge in [0.05, 0.1) is 10.2 Å². The summed E-state index contributed by atoms with van der Waals surface area (Å²) < 4.78 is 0.980. The van der Waals surface area contributed by atoms with Crippen LogP contribution in [-0.2, 0) is 4.79 Å². The molecule has 1 aliphatic heterocycles. The Balaban J connectivity index is 2.13. The summed E-state index contributed by atoms with van der Waals surface area (Å²) >= 11 is 1.56. The Hall–Kier alpha value is -1.69. The number of carbonyl (C=O) groups is 1. The summed E-state index contributed by atoms with van der Waals surface area (Å²) in [5.41, 5.74) is 0.901. The quantitative estimate of drug-likeness (QED) is 0.898. The van der Waals surface area contributed by atoms with Crippen molar-refractivity contribution in [1.82, 2.24) is 9.97 Å². The number of hydrogen-bond donors (Lipinski definition) is 1. The fraction of sp³-hybridized carbons (Fsp3) is 0.417. The van der Waals surface area contributed by atoms with Gasteiger partial charge in [0.2, 0.25) is 0 Å². The number of aryl methyl sites for hydroxylation is 1. The highest BCUT2D eigenvalue weighted by atomic mass is 32.1. The molecular weight excluding hydrogens is 250 g/mol. The zero-order valence-corrected chi connectivity index (χ0v) is 10.8. The van der Waals surface area contributed by atoms with Gasteiger partial charge < -0.3 is 10.0 Å². The molecule has 3 heterocycles. The molecule has 2 aromatic heterocycles. The van der Waals surface area contributed by atoms with Gasteiger partial charge >= 0.3 is 5.97 Å². The van der Waals surface area contributed by atoms with Gasteiger partial charge in [0, 0.05) is 6.54 Å². The summed E-state index contributed by atoms with van der Waals surface area (Å²) in [6, 6.07) is 1.49. The molecule has 18 heavy (non-hydrogen) atoms. The van der Waals surface area contributed by atoms with Gasteiger partial charge in [-0.25, -0.2) is 14.8 Å². The van der Waals surface area contributed by atoms with Gasteiger partial charge in [-0.2, -0.15) is 0 Å². The first-order chi connectivity index (χ1) is 8.66. The molecule has 1 N–H and O–H groups in total. The number of aliphatic carboxylic acids is 1. The molecule has 1 aliphatic rings. The molecule has 1 saturated heterocycles. The van der Waals surface area contributed by atoms with Crippen LogP contribution in [-0.4, -0.2) is 33.6 Å². The molecule has 5 nitrogen and oxygen atoms in total. The third kappa shape index (κ3) is 1.73. The molecule has 1 atom stereocenters. The van der Waals surface area contributed by atoms with Gasteiger partial charge in [0.25, 0.3) is 0 Å². The molecule has 0 spiro atoms. The maximum Gasteiger partial charge on any atom is 0.326 e. The zero-order valence-electron chi connectivity index (χ0n) is 9.96. The van der Waals surface area contributed by atoms with E-state index in [9.17, 15) is 9.90 Å². The van der Waals surface area contributed by atoms with E-state index < -0.39 is 12.0 Å². The molecule has 0 aromatic carbocycles. The van der Waals surface area contributed by atoms with Crippen molar-refractivity contribution < 1.29 is 9.90 Å². The fourth-order valence-corrected chi connectivity index (χ4v) is 3.27. The largest absolute Gasteiger partial charge is 0.480 e. The van der Waals surface area contributed by atoms with Crippen molar-refractivity contribution in [3.63, 3.8) is 0 Å². The van der Waals surface area contributed by atoms with Crippen molar-refractivity contribution in [3.05, 3.63) is 17.3 Å². The Kier molecular flexibility index (Phi) is 2.66. The van der Waals surface area contributed by atoms with Crippen molar-refractivity contribution in [1.29, 1.82) is 0 Å². The summed E-state index contributed by atoms with van der Waals surface area (Å²) in [5, 5.41) is 11.2. The lowest BCUT2D eigenvalue weighted by molar-refractivity contribution is -0.138. The van der Waals surface area contributed by atoms with Crippen LogP contribution in [0.3, 0.4) is 0 Å². The number of nitrogens with zero attached hydrogens (tertiary/aromatic N) is 3. The molecule has 94 valence electrons. The Morgan fingerprint density at radius 3 is 3.17 bits per heavy atom. The highest BCUT2D eigenvalue weighted by Gasteiger charge is 2.32. The van der Waals surface area contributed by atoms with Crippen LogP contribution in [0.4, 0.5) is 5.82 Å². The molecule has 6 heteroatoms. The lowest BCUT2D eigenvalue weighted by atomic mass is 10.2. The number of rotatable bonds is 2. The first kappa shape index (κ1) is 11.4. The predicted octanol–water partition coefficient (Wildman–Crippen LogP) is 2.05. The molecule has 0 saturated carbocycles. The Bertz CT molecular complexity index is 610. The molecule has 0 bridgehead atoms. The zero-order chi connectivity index (χ0) is 12.7. The first-order valence-electron chi connectivity index (χ1n) is 5.88. The van der Waals surface area contributed by atoms with Crippen molar-refractivity contribution in [2.45, 2.75) is 25.8 Å². The van der Waals surface area contributed by atoms with E-state index >= 15 is 0 Å². The molecular formula is C12H13N3O2S. The van der Waals surface area contributed by atoms with E-state index in [1.165, 1.54) is 0 Å².